The third-order valence-electron chi connectivity index (χ3n) is 3.03. The highest BCUT2D eigenvalue weighted by molar-refractivity contribution is 5.91. The molecule has 0 N–H and O–H groups in total. The van der Waals surface area contributed by atoms with Crippen molar-refractivity contribution in [2.45, 2.75) is 19.1 Å². The first-order valence-electron chi connectivity index (χ1n) is 6.16. The molecular weight excluding hydrogens is 260 g/mol. The minimum Gasteiger partial charge on any atom is -0.467 e. The van der Waals surface area contributed by atoms with Crippen LogP contribution in [-0.4, -0.2) is 42.5 Å². The molecule has 0 unspecified atom stereocenters. The zero-order chi connectivity index (χ0) is 14.6. The molecule has 0 bridgehead atoms. The van der Waals surface area contributed by atoms with Crippen LogP contribution >= 0.6 is 0 Å². The minimum atomic E-state index is -1.06. The summed E-state index contributed by atoms with van der Waals surface area (Å²) in [5, 5.41) is 0. The molecule has 1 heterocycles. The quantitative estimate of drug-likeness (QED) is 0.786. The maximum Gasteiger partial charge on any atom is 0.415 e. The number of amides is 1. The van der Waals surface area contributed by atoms with E-state index in [1.165, 1.54) is 18.3 Å². The standard InChI is InChI=1S/C14H16N2O4/c1-14(12(17)19-2)9-16(10-15-14)13(18)20-8-11-6-4-3-5-7-11/h3-7,10H,8-9H2,1-2H3/t14-/m0/s1. The van der Waals surface area contributed by atoms with Crippen LogP contribution in [0.4, 0.5) is 4.79 Å². The first-order valence-corrected chi connectivity index (χ1v) is 6.16. The van der Waals surface area contributed by atoms with E-state index in [0.717, 1.165) is 5.56 Å². The van der Waals surface area contributed by atoms with Crippen LogP contribution in [0.3, 0.4) is 0 Å². The number of methoxy groups -OCH3 is 1. The molecule has 1 aromatic rings. The number of carbonyl (C=O) groups excluding carboxylic acids is 2. The first-order chi connectivity index (χ1) is 9.55. The summed E-state index contributed by atoms with van der Waals surface area (Å²) < 4.78 is 9.83. The lowest BCUT2D eigenvalue weighted by Crippen LogP contribution is -2.42. The average molecular weight is 276 g/mol. The van der Waals surface area contributed by atoms with Crippen LogP contribution in [0.5, 0.6) is 0 Å². The molecular formula is C14H16N2O4. The molecule has 0 saturated carbocycles. The molecule has 1 aliphatic rings. The molecule has 1 aromatic carbocycles. The minimum absolute atomic E-state index is 0.118. The van der Waals surface area contributed by atoms with Gasteiger partial charge in [0, 0.05) is 0 Å². The van der Waals surface area contributed by atoms with Crippen LogP contribution in [-0.2, 0) is 20.9 Å². The normalized spacial score (nSPS) is 20.8. The Morgan fingerprint density at radius 2 is 2.05 bits per heavy atom. The third kappa shape index (κ3) is 2.96. The van der Waals surface area contributed by atoms with E-state index < -0.39 is 17.6 Å². The second-order valence-electron chi connectivity index (χ2n) is 4.68. The molecule has 0 aromatic heterocycles. The Bertz CT molecular complexity index is 529. The number of ether oxygens (including phenoxy) is 2. The Labute approximate surface area is 117 Å². The van der Waals surface area contributed by atoms with Crippen molar-refractivity contribution in [3.63, 3.8) is 0 Å². The van der Waals surface area contributed by atoms with E-state index in [1.807, 2.05) is 30.3 Å². The van der Waals surface area contributed by atoms with Gasteiger partial charge in [-0.1, -0.05) is 30.3 Å². The summed E-state index contributed by atoms with van der Waals surface area (Å²) in [6, 6.07) is 9.36. The molecule has 0 radical (unpaired) electrons. The van der Waals surface area contributed by atoms with Gasteiger partial charge in [-0.15, -0.1) is 0 Å². The number of esters is 1. The highest BCUT2D eigenvalue weighted by Gasteiger charge is 2.41. The summed E-state index contributed by atoms with van der Waals surface area (Å²) in [6.07, 6.45) is 0.773. The Hall–Kier alpha value is -2.37. The first kappa shape index (κ1) is 14.0. The van der Waals surface area contributed by atoms with Crippen molar-refractivity contribution in [2.75, 3.05) is 13.7 Å². The summed E-state index contributed by atoms with van der Waals surface area (Å²) in [5.41, 5.74) is -0.159. The maximum atomic E-state index is 11.9. The summed E-state index contributed by atoms with van der Waals surface area (Å²) in [4.78, 5) is 28.7. The van der Waals surface area contributed by atoms with Crippen LogP contribution in [0, 0.1) is 0 Å². The van der Waals surface area contributed by atoms with Crippen molar-refractivity contribution < 1.29 is 19.1 Å². The largest absolute Gasteiger partial charge is 0.467 e. The van der Waals surface area contributed by atoms with Gasteiger partial charge in [-0.25, -0.2) is 9.59 Å². The highest BCUT2D eigenvalue weighted by Crippen LogP contribution is 2.20. The van der Waals surface area contributed by atoms with E-state index in [4.69, 9.17) is 4.74 Å². The van der Waals surface area contributed by atoms with Crippen molar-refractivity contribution in [3.05, 3.63) is 35.9 Å². The monoisotopic (exact) mass is 276 g/mol. The second-order valence-corrected chi connectivity index (χ2v) is 4.68. The van der Waals surface area contributed by atoms with E-state index in [-0.39, 0.29) is 13.2 Å². The molecule has 20 heavy (non-hydrogen) atoms. The molecule has 106 valence electrons. The molecule has 2 rings (SSSR count). The van der Waals surface area contributed by atoms with Gasteiger partial charge in [-0.05, 0) is 12.5 Å². The van der Waals surface area contributed by atoms with Crippen molar-refractivity contribution in [1.82, 2.24) is 4.90 Å². The van der Waals surface area contributed by atoms with Gasteiger partial charge in [-0.3, -0.25) is 9.89 Å². The van der Waals surface area contributed by atoms with Crippen LogP contribution < -0.4 is 0 Å². The number of nitrogens with zero attached hydrogens (tertiary/aromatic N) is 2. The number of carbonyl (C=O) groups is 2. The van der Waals surface area contributed by atoms with Gasteiger partial charge in [0.2, 0.25) is 0 Å². The predicted molar refractivity (Wildman–Crippen MR) is 72.2 cm³/mol. The number of benzene rings is 1. The Balaban J connectivity index is 1.89. The lowest BCUT2D eigenvalue weighted by Gasteiger charge is -2.19. The number of rotatable bonds is 3. The van der Waals surface area contributed by atoms with Gasteiger partial charge in [0.25, 0.3) is 0 Å². The van der Waals surface area contributed by atoms with E-state index in [0.29, 0.717) is 0 Å². The molecule has 0 spiro atoms. The van der Waals surface area contributed by atoms with Crippen LogP contribution in [0.25, 0.3) is 0 Å². The lowest BCUT2D eigenvalue weighted by atomic mass is 10.1. The van der Waals surface area contributed by atoms with Gasteiger partial charge >= 0.3 is 12.1 Å². The van der Waals surface area contributed by atoms with Crippen molar-refractivity contribution >= 4 is 18.4 Å². The predicted octanol–water partition coefficient (Wildman–Crippen LogP) is 1.60. The smallest absolute Gasteiger partial charge is 0.415 e. The van der Waals surface area contributed by atoms with Gasteiger partial charge in [0.1, 0.15) is 6.61 Å². The maximum absolute atomic E-state index is 11.9. The number of hydrogen-bond acceptors (Lipinski definition) is 5. The Morgan fingerprint density at radius 3 is 2.70 bits per heavy atom. The highest BCUT2D eigenvalue weighted by atomic mass is 16.6. The fourth-order valence-electron chi connectivity index (χ4n) is 1.86. The van der Waals surface area contributed by atoms with E-state index in [1.54, 1.807) is 6.92 Å². The second kappa shape index (κ2) is 5.73. The molecule has 1 amide bonds. The number of aliphatic imine (C=N–C) groups is 1. The van der Waals surface area contributed by atoms with Crippen molar-refractivity contribution in [1.29, 1.82) is 0 Å². The molecule has 6 nitrogen and oxygen atoms in total. The van der Waals surface area contributed by atoms with Crippen LogP contribution in [0.2, 0.25) is 0 Å². The van der Waals surface area contributed by atoms with Crippen molar-refractivity contribution in [3.8, 4) is 0 Å². The summed E-state index contributed by atoms with van der Waals surface area (Å²) >= 11 is 0. The molecule has 1 atom stereocenters. The average Bonchev–Trinajstić information content (AvgIpc) is 2.89. The fraction of sp³-hybridized carbons (Fsp3) is 0.357. The molecule has 6 heteroatoms. The molecule has 0 fully saturated rings. The van der Waals surface area contributed by atoms with Gasteiger partial charge in [-0.2, -0.15) is 0 Å². The summed E-state index contributed by atoms with van der Waals surface area (Å²) in [6.45, 7) is 1.91. The van der Waals surface area contributed by atoms with E-state index >= 15 is 0 Å². The topological polar surface area (TPSA) is 68.2 Å². The number of hydrogen-bond donors (Lipinski definition) is 0. The Morgan fingerprint density at radius 1 is 1.35 bits per heavy atom. The fourth-order valence-corrected chi connectivity index (χ4v) is 1.86. The Kier molecular flexibility index (Phi) is 4.02. The van der Waals surface area contributed by atoms with Gasteiger partial charge in [0.15, 0.2) is 5.54 Å². The van der Waals surface area contributed by atoms with E-state index in [2.05, 4.69) is 9.73 Å². The summed E-state index contributed by atoms with van der Waals surface area (Å²) in [7, 11) is 1.29. The van der Waals surface area contributed by atoms with Crippen LogP contribution in [0.15, 0.2) is 35.3 Å². The van der Waals surface area contributed by atoms with Gasteiger partial charge < -0.3 is 9.47 Å². The zero-order valence-electron chi connectivity index (χ0n) is 11.4. The third-order valence-corrected chi connectivity index (χ3v) is 3.03. The SMILES string of the molecule is COC(=O)[C@]1(C)CN(C(=O)OCc2ccccc2)C=N1. The summed E-state index contributed by atoms with van der Waals surface area (Å²) in [5.74, 6) is -0.480. The molecule has 0 saturated heterocycles. The van der Waals surface area contributed by atoms with Crippen molar-refractivity contribution in [2.24, 2.45) is 4.99 Å². The van der Waals surface area contributed by atoms with Gasteiger partial charge in [0.05, 0.1) is 20.0 Å². The molecule has 0 aliphatic carbocycles. The van der Waals surface area contributed by atoms with Crippen LogP contribution in [0.1, 0.15) is 12.5 Å². The lowest BCUT2D eigenvalue weighted by molar-refractivity contribution is -0.146. The zero-order valence-corrected chi connectivity index (χ0v) is 11.4. The molecule has 1 aliphatic heterocycles. The van der Waals surface area contributed by atoms with E-state index in [9.17, 15) is 9.59 Å².